The first-order chi connectivity index (χ1) is 10.6. The summed E-state index contributed by atoms with van der Waals surface area (Å²) in [5.41, 5.74) is 3.19. The van der Waals surface area contributed by atoms with Crippen LogP contribution in [-0.2, 0) is 4.79 Å². The number of halogens is 1. The van der Waals surface area contributed by atoms with Crippen molar-refractivity contribution in [2.75, 3.05) is 10.2 Å². The third-order valence-electron chi connectivity index (χ3n) is 4.11. The van der Waals surface area contributed by atoms with Crippen LogP contribution < -0.4 is 10.2 Å². The second-order valence-electron chi connectivity index (χ2n) is 5.74. The highest BCUT2D eigenvalue weighted by Gasteiger charge is 2.31. The van der Waals surface area contributed by atoms with Crippen molar-refractivity contribution < 1.29 is 4.79 Å². The van der Waals surface area contributed by atoms with Crippen molar-refractivity contribution >= 4 is 28.9 Å². The molecule has 1 aliphatic heterocycles. The van der Waals surface area contributed by atoms with Crippen molar-refractivity contribution in [3.05, 3.63) is 59.1 Å². The Morgan fingerprint density at radius 1 is 1.18 bits per heavy atom. The predicted molar refractivity (Wildman–Crippen MR) is 91.5 cm³/mol. The van der Waals surface area contributed by atoms with Crippen molar-refractivity contribution in [2.24, 2.45) is 0 Å². The molecule has 0 unspecified atom stereocenters. The van der Waals surface area contributed by atoms with Gasteiger partial charge >= 0.3 is 0 Å². The number of carbonyl (C=O) groups is 1. The molecule has 3 nitrogen and oxygen atoms in total. The van der Waals surface area contributed by atoms with Crippen molar-refractivity contribution in [3.8, 4) is 0 Å². The van der Waals surface area contributed by atoms with E-state index in [9.17, 15) is 4.79 Å². The monoisotopic (exact) mass is 314 g/mol. The molecule has 0 spiro atoms. The van der Waals surface area contributed by atoms with Gasteiger partial charge in [0.15, 0.2) is 0 Å². The minimum atomic E-state index is 0.0879. The topological polar surface area (TPSA) is 32.3 Å². The fraction of sp³-hybridized carbons (Fsp3) is 0.278. The quantitative estimate of drug-likeness (QED) is 0.876. The number of amides is 1. The fourth-order valence-electron chi connectivity index (χ4n) is 3.18. The normalized spacial score (nSPS) is 20.4. The number of nitrogens with zero attached hydrogens (tertiary/aromatic N) is 1. The first-order valence-corrected chi connectivity index (χ1v) is 7.85. The van der Waals surface area contributed by atoms with E-state index in [1.165, 1.54) is 0 Å². The van der Waals surface area contributed by atoms with Crippen LogP contribution in [0.3, 0.4) is 0 Å². The van der Waals surface area contributed by atoms with Gasteiger partial charge < -0.3 is 10.2 Å². The molecule has 114 valence electrons. The Balaban J connectivity index is 1.94. The summed E-state index contributed by atoms with van der Waals surface area (Å²) >= 11 is 5.94. The lowest BCUT2D eigenvalue weighted by Crippen LogP contribution is -2.43. The summed E-state index contributed by atoms with van der Waals surface area (Å²) in [5.74, 6) is 0.0879. The molecule has 0 radical (unpaired) electrons. The average molecular weight is 315 g/mol. The zero-order chi connectivity index (χ0) is 15.7. The third-order valence-corrected chi connectivity index (χ3v) is 4.37. The summed E-state index contributed by atoms with van der Waals surface area (Å²) in [4.78, 5) is 13.8. The first-order valence-electron chi connectivity index (χ1n) is 7.47. The lowest BCUT2D eigenvalue weighted by molar-refractivity contribution is -0.117. The first kappa shape index (κ1) is 14.9. The van der Waals surface area contributed by atoms with E-state index in [0.717, 1.165) is 28.4 Å². The van der Waals surface area contributed by atoms with Crippen LogP contribution in [0.15, 0.2) is 48.5 Å². The fourth-order valence-corrected chi connectivity index (χ4v) is 3.30. The molecular formula is C18H19ClN2O. The highest BCUT2D eigenvalue weighted by atomic mass is 35.5. The number of anilines is 2. The summed E-state index contributed by atoms with van der Waals surface area (Å²) in [6, 6.07) is 16.2. The molecule has 22 heavy (non-hydrogen) atoms. The summed E-state index contributed by atoms with van der Waals surface area (Å²) in [7, 11) is 0. The minimum absolute atomic E-state index is 0.0879. The Morgan fingerprint density at radius 2 is 1.86 bits per heavy atom. The maximum atomic E-state index is 12.0. The molecule has 0 aliphatic carbocycles. The molecule has 1 heterocycles. The summed E-state index contributed by atoms with van der Waals surface area (Å²) < 4.78 is 0. The Kier molecular flexibility index (Phi) is 4.08. The molecule has 0 aromatic heterocycles. The maximum Gasteiger partial charge on any atom is 0.224 e. The SMILES string of the molecule is CC(=O)N1c2ccccc2[C@@H](Nc2ccc(Cl)cc2)C[C@H]1C. The molecule has 0 saturated heterocycles. The van der Waals surface area contributed by atoms with Crippen LogP contribution in [0.5, 0.6) is 0 Å². The van der Waals surface area contributed by atoms with Crippen molar-refractivity contribution in [3.63, 3.8) is 0 Å². The molecule has 1 amide bonds. The molecular weight excluding hydrogens is 296 g/mol. The molecule has 1 N–H and O–H groups in total. The van der Waals surface area contributed by atoms with E-state index in [1.807, 2.05) is 47.4 Å². The molecule has 2 aromatic carbocycles. The van der Waals surface area contributed by atoms with Gasteiger partial charge in [-0.25, -0.2) is 0 Å². The highest BCUT2D eigenvalue weighted by molar-refractivity contribution is 6.30. The van der Waals surface area contributed by atoms with Crippen LogP contribution in [0, 0.1) is 0 Å². The Labute approximate surface area is 135 Å². The Hall–Kier alpha value is -2.00. The second kappa shape index (κ2) is 6.01. The van der Waals surface area contributed by atoms with Crippen LogP contribution in [0.2, 0.25) is 5.02 Å². The van der Waals surface area contributed by atoms with E-state index in [4.69, 9.17) is 11.6 Å². The van der Waals surface area contributed by atoms with Crippen molar-refractivity contribution in [1.82, 2.24) is 0 Å². The van der Waals surface area contributed by atoms with Gasteiger partial charge in [-0.05, 0) is 49.2 Å². The van der Waals surface area contributed by atoms with Crippen molar-refractivity contribution in [1.29, 1.82) is 0 Å². The van der Waals surface area contributed by atoms with Crippen LogP contribution >= 0.6 is 11.6 Å². The molecule has 1 aliphatic rings. The van der Waals surface area contributed by atoms with Gasteiger partial charge in [-0.2, -0.15) is 0 Å². The van der Waals surface area contributed by atoms with Gasteiger partial charge in [0.05, 0.1) is 6.04 Å². The van der Waals surface area contributed by atoms with Gasteiger partial charge in [0.25, 0.3) is 0 Å². The molecule has 0 bridgehead atoms. The van der Waals surface area contributed by atoms with Crippen LogP contribution in [-0.4, -0.2) is 11.9 Å². The number of carbonyl (C=O) groups excluding carboxylic acids is 1. The summed E-state index contributed by atoms with van der Waals surface area (Å²) in [6.07, 6.45) is 0.874. The second-order valence-corrected chi connectivity index (χ2v) is 6.17. The zero-order valence-corrected chi connectivity index (χ0v) is 13.5. The summed E-state index contributed by atoms with van der Waals surface area (Å²) in [5, 5.41) is 4.29. The van der Waals surface area contributed by atoms with Gasteiger partial charge in [0, 0.05) is 29.4 Å². The van der Waals surface area contributed by atoms with Gasteiger partial charge in [-0.3, -0.25) is 4.79 Å². The minimum Gasteiger partial charge on any atom is -0.378 e. The van der Waals surface area contributed by atoms with Crippen LogP contribution in [0.1, 0.15) is 31.9 Å². The molecule has 2 atom stereocenters. The zero-order valence-electron chi connectivity index (χ0n) is 12.7. The van der Waals surface area contributed by atoms with Crippen LogP contribution in [0.4, 0.5) is 11.4 Å². The summed E-state index contributed by atoms with van der Waals surface area (Å²) in [6.45, 7) is 3.72. The van der Waals surface area contributed by atoms with Gasteiger partial charge in [-0.15, -0.1) is 0 Å². The van der Waals surface area contributed by atoms with E-state index in [1.54, 1.807) is 6.92 Å². The number of benzene rings is 2. The number of nitrogens with one attached hydrogen (secondary N) is 1. The van der Waals surface area contributed by atoms with Gasteiger partial charge in [0.2, 0.25) is 5.91 Å². The third kappa shape index (κ3) is 2.81. The van der Waals surface area contributed by atoms with E-state index in [0.29, 0.717) is 0 Å². The van der Waals surface area contributed by atoms with Gasteiger partial charge in [-0.1, -0.05) is 29.8 Å². The largest absolute Gasteiger partial charge is 0.378 e. The van der Waals surface area contributed by atoms with Crippen molar-refractivity contribution in [2.45, 2.75) is 32.4 Å². The molecule has 4 heteroatoms. The maximum absolute atomic E-state index is 12.0. The molecule has 0 saturated carbocycles. The number of fused-ring (bicyclic) bond motifs is 1. The van der Waals surface area contributed by atoms with E-state index in [2.05, 4.69) is 18.3 Å². The van der Waals surface area contributed by atoms with E-state index >= 15 is 0 Å². The number of para-hydroxylation sites is 1. The van der Waals surface area contributed by atoms with Crippen LogP contribution in [0.25, 0.3) is 0 Å². The Bertz CT molecular complexity index is 684. The molecule has 3 rings (SSSR count). The lowest BCUT2D eigenvalue weighted by atomic mass is 9.91. The average Bonchev–Trinajstić information content (AvgIpc) is 2.49. The van der Waals surface area contributed by atoms with E-state index < -0.39 is 0 Å². The molecule has 2 aromatic rings. The standard InChI is InChI=1S/C18H19ClN2O/c1-12-11-17(20-15-9-7-14(19)8-10-15)16-5-3-4-6-18(16)21(12)13(2)22/h3-10,12,17,20H,11H2,1-2H3/t12-,17+/m1/s1. The highest BCUT2D eigenvalue weighted by Crippen LogP contribution is 2.38. The smallest absolute Gasteiger partial charge is 0.224 e. The Morgan fingerprint density at radius 3 is 2.55 bits per heavy atom. The number of hydrogen-bond donors (Lipinski definition) is 1. The number of hydrogen-bond acceptors (Lipinski definition) is 2. The van der Waals surface area contributed by atoms with Gasteiger partial charge in [0.1, 0.15) is 0 Å². The molecule has 0 fully saturated rings. The number of rotatable bonds is 2. The predicted octanol–water partition coefficient (Wildman–Crippen LogP) is 4.64. The van der Waals surface area contributed by atoms with E-state index in [-0.39, 0.29) is 18.0 Å². The lowest BCUT2D eigenvalue weighted by Gasteiger charge is -2.39.